The maximum absolute atomic E-state index is 12.3. The number of nitrogen functional groups attached to an aromatic ring is 1. The van der Waals surface area contributed by atoms with Gasteiger partial charge in [0.25, 0.3) is 5.56 Å². The fourth-order valence-corrected chi connectivity index (χ4v) is 2.83. The molecule has 6 heteroatoms. The topological polar surface area (TPSA) is 96.9 Å². The number of unbranched alkanes of at least 4 members (excludes halogenated alkanes) is 3. The number of aromatic nitrogens is 3. The van der Waals surface area contributed by atoms with Crippen LogP contribution in [0.2, 0.25) is 0 Å². The summed E-state index contributed by atoms with van der Waals surface area (Å²) in [5.41, 5.74) is 7.35. The third-order valence-corrected chi connectivity index (χ3v) is 4.15. The van der Waals surface area contributed by atoms with Gasteiger partial charge in [-0.25, -0.2) is 4.68 Å². The number of hydrogen-bond donors (Lipinski definition) is 3. The number of nitrogens with one attached hydrogen (secondary N) is 1. The van der Waals surface area contributed by atoms with E-state index in [1.54, 1.807) is 6.08 Å². The Bertz CT molecular complexity index is 955. The van der Waals surface area contributed by atoms with E-state index < -0.39 is 5.56 Å². The van der Waals surface area contributed by atoms with Gasteiger partial charge in [0.05, 0.1) is 11.3 Å². The summed E-state index contributed by atoms with van der Waals surface area (Å²) in [5.74, 6) is 0.0602. The summed E-state index contributed by atoms with van der Waals surface area (Å²) >= 11 is 0. The number of nitrogens with two attached hydrogens (primary N) is 1. The Balaban J connectivity index is 2.10. The Morgan fingerprint density at radius 1 is 1.28 bits per heavy atom. The van der Waals surface area contributed by atoms with E-state index in [-0.39, 0.29) is 17.1 Å². The summed E-state index contributed by atoms with van der Waals surface area (Å²) in [4.78, 5) is 14.7. The molecule has 0 saturated carbocycles. The lowest BCUT2D eigenvalue weighted by molar-refractivity contribution is 0.451. The molecule has 0 spiro atoms. The molecule has 6 nitrogen and oxygen atoms in total. The third kappa shape index (κ3) is 3.28. The Kier molecular flexibility index (Phi) is 4.88. The van der Waals surface area contributed by atoms with Gasteiger partial charge in [0.1, 0.15) is 16.7 Å². The van der Waals surface area contributed by atoms with Crippen LogP contribution in [-0.4, -0.2) is 19.9 Å². The molecule has 0 fully saturated rings. The number of allylic oxidation sites excluding steroid dienone is 1. The number of hydrogen-bond acceptors (Lipinski definition) is 4. The molecule has 0 bridgehead atoms. The average Bonchev–Trinajstić information content (AvgIpc) is 2.96. The lowest BCUT2D eigenvalue weighted by Crippen LogP contribution is -2.08. The van der Waals surface area contributed by atoms with E-state index in [1.165, 1.54) is 4.68 Å². The van der Waals surface area contributed by atoms with Crippen LogP contribution in [-0.2, 0) is 0 Å². The molecule has 2 aromatic heterocycles. The van der Waals surface area contributed by atoms with Gasteiger partial charge in [-0.1, -0.05) is 50.1 Å². The van der Waals surface area contributed by atoms with Crippen LogP contribution in [0.1, 0.15) is 38.2 Å². The van der Waals surface area contributed by atoms with Gasteiger partial charge in [-0.15, -0.1) is 0 Å². The van der Waals surface area contributed by atoms with Gasteiger partial charge < -0.3 is 10.8 Å². The number of nitrogens with zero attached hydrogens (tertiary/aromatic N) is 2. The quantitative estimate of drug-likeness (QED) is 0.598. The summed E-state index contributed by atoms with van der Waals surface area (Å²) in [5, 5.41) is 14.9. The molecule has 0 aliphatic heterocycles. The Labute approximate surface area is 145 Å². The van der Waals surface area contributed by atoms with Crippen molar-refractivity contribution in [3.63, 3.8) is 0 Å². The van der Waals surface area contributed by atoms with Crippen LogP contribution < -0.4 is 11.3 Å². The maximum Gasteiger partial charge on any atom is 0.264 e. The molecule has 25 heavy (non-hydrogen) atoms. The minimum absolute atomic E-state index is 0.193. The van der Waals surface area contributed by atoms with Crippen molar-refractivity contribution >= 4 is 22.8 Å². The monoisotopic (exact) mass is 338 g/mol. The number of pyridine rings is 1. The van der Waals surface area contributed by atoms with Crippen LogP contribution in [0.5, 0.6) is 5.88 Å². The molecule has 0 atom stereocenters. The molecule has 0 unspecified atom stereocenters. The van der Waals surface area contributed by atoms with E-state index in [0.717, 1.165) is 31.4 Å². The highest BCUT2D eigenvalue weighted by atomic mass is 16.3. The predicted octanol–water partition coefficient (Wildman–Crippen LogP) is 3.60. The van der Waals surface area contributed by atoms with Crippen molar-refractivity contribution in [2.24, 2.45) is 0 Å². The van der Waals surface area contributed by atoms with Crippen LogP contribution in [0, 0.1) is 0 Å². The number of aromatic amines is 1. The van der Waals surface area contributed by atoms with Crippen LogP contribution in [0.4, 0.5) is 5.82 Å². The van der Waals surface area contributed by atoms with Crippen LogP contribution in [0.25, 0.3) is 22.7 Å². The molecule has 130 valence electrons. The van der Waals surface area contributed by atoms with Crippen LogP contribution in [0.15, 0.2) is 41.2 Å². The van der Waals surface area contributed by atoms with Crippen molar-refractivity contribution in [3.8, 4) is 11.6 Å². The Hall–Kier alpha value is -3.02. The first-order valence-electron chi connectivity index (χ1n) is 8.49. The molecule has 3 rings (SSSR count). The first kappa shape index (κ1) is 16.8. The lowest BCUT2D eigenvalue weighted by atomic mass is 10.1. The first-order valence-corrected chi connectivity index (χ1v) is 8.49. The minimum Gasteiger partial charge on any atom is -0.494 e. The molecule has 1 aromatic carbocycles. The van der Waals surface area contributed by atoms with Crippen molar-refractivity contribution in [1.82, 2.24) is 14.8 Å². The number of fused-ring (bicyclic) bond motifs is 1. The largest absolute Gasteiger partial charge is 0.494 e. The zero-order valence-corrected chi connectivity index (χ0v) is 14.2. The van der Waals surface area contributed by atoms with E-state index >= 15 is 0 Å². The Morgan fingerprint density at radius 3 is 2.76 bits per heavy atom. The van der Waals surface area contributed by atoms with Crippen LogP contribution >= 0.6 is 0 Å². The summed E-state index contributed by atoms with van der Waals surface area (Å²) in [6, 6.07) is 9.36. The average molecular weight is 338 g/mol. The molecule has 0 saturated heterocycles. The Morgan fingerprint density at radius 2 is 2.04 bits per heavy atom. The number of aromatic hydroxyl groups is 1. The summed E-state index contributed by atoms with van der Waals surface area (Å²) in [6.45, 7) is 2.15. The summed E-state index contributed by atoms with van der Waals surface area (Å²) in [6.07, 6.45) is 8.09. The molecule has 0 amide bonds. The number of H-pyrrole nitrogens is 1. The predicted molar refractivity (Wildman–Crippen MR) is 101 cm³/mol. The van der Waals surface area contributed by atoms with Crippen molar-refractivity contribution in [2.75, 3.05) is 5.73 Å². The summed E-state index contributed by atoms with van der Waals surface area (Å²) < 4.78 is 1.52. The zero-order valence-electron chi connectivity index (χ0n) is 14.2. The highest BCUT2D eigenvalue weighted by Gasteiger charge is 2.18. The highest BCUT2D eigenvalue weighted by Crippen LogP contribution is 2.28. The molecular weight excluding hydrogens is 316 g/mol. The fourth-order valence-electron chi connectivity index (χ4n) is 2.83. The first-order chi connectivity index (χ1) is 12.1. The maximum atomic E-state index is 12.3. The fraction of sp³-hybridized carbons (Fsp3) is 0.263. The van der Waals surface area contributed by atoms with E-state index in [4.69, 9.17) is 5.73 Å². The molecule has 3 aromatic rings. The van der Waals surface area contributed by atoms with Crippen molar-refractivity contribution in [1.29, 1.82) is 0 Å². The van der Waals surface area contributed by atoms with E-state index in [2.05, 4.69) is 17.0 Å². The lowest BCUT2D eigenvalue weighted by Gasteiger charge is -2.02. The number of benzene rings is 1. The van der Waals surface area contributed by atoms with Crippen molar-refractivity contribution in [2.45, 2.75) is 32.6 Å². The molecule has 0 radical (unpaired) electrons. The molecule has 4 N–H and O–H groups in total. The number of anilines is 1. The second kappa shape index (κ2) is 7.25. The van der Waals surface area contributed by atoms with Gasteiger partial charge in [0, 0.05) is 0 Å². The standard InChI is InChI=1S/C19H22N4O2/c1-2-3-4-5-9-12-14-16-15(19(25)21-18(14)24)17(20)23(22-16)13-10-7-6-8-11-13/h6-12,24H,2-5,20H2,1H3,(H,21,25). The SMILES string of the molecule is CCCCCC=Cc1c(O)[nH]c(=O)c2c(N)n(-c3ccccc3)nc12. The molecule has 2 heterocycles. The van der Waals surface area contributed by atoms with Crippen molar-refractivity contribution in [3.05, 3.63) is 52.3 Å². The molecular formula is C19H22N4O2. The van der Waals surface area contributed by atoms with Gasteiger partial charge in [-0.3, -0.25) is 9.78 Å². The van der Waals surface area contributed by atoms with Gasteiger partial charge in [-0.05, 0) is 25.0 Å². The normalized spacial score (nSPS) is 11.6. The number of para-hydroxylation sites is 1. The van der Waals surface area contributed by atoms with E-state index in [1.807, 2.05) is 36.4 Å². The van der Waals surface area contributed by atoms with Crippen LogP contribution in [0.3, 0.4) is 0 Å². The molecule has 0 aliphatic rings. The number of rotatable bonds is 6. The van der Waals surface area contributed by atoms with Gasteiger partial charge in [0.15, 0.2) is 0 Å². The highest BCUT2D eigenvalue weighted by molar-refractivity contribution is 5.95. The van der Waals surface area contributed by atoms with E-state index in [9.17, 15) is 9.90 Å². The van der Waals surface area contributed by atoms with Gasteiger partial charge >= 0.3 is 0 Å². The van der Waals surface area contributed by atoms with Gasteiger partial charge in [-0.2, -0.15) is 5.10 Å². The summed E-state index contributed by atoms with van der Waals surface area (Å²) in [7, 11) is 0. The smallest absolute Gasteiger partial charge is 0.264 e. The second-order valence-electron chi connectivity index (χ2n) is 5.97. The minimum atomic E-state index is -0.449. The zero-order chi connectivity index (χ0) is 17.8. The molecule has 0 aliphatic carbocycles. The van der Waals surface area contributed by atoms with E-state index in [0.29, 0.717) is 11.1 Å². The second-order valence-corrected chi connectivity index (χ2v) is 5.97. The van der Waals surface area contributed by atoms with Gasteiger partial charge in [0.2, 0.25) is 5.88 Å². The van der Waals surface area contributed by atoms with Crippen molar-refractivity contribution < 1.29 is 5.11 Å². The third-order valence-electron chi connectivity index (χ3n) is 4.15.